The molecule has 1 saturated carbocycles. The van der Waals surface area contributed by atoms with E-state index in [1.54, 1.807) is 7.05 Å². The zero-order valence-corrected chi connectivity index (χ0v) is 12.7. The highest BCUT2D eigenvalue weighted by atomic mass is 16.6. The van der Waals surface area contributed by atoms with E-state index in [1.165, 1.54) is 6.42 Å². The van der Waals surface area contributed by atoms with E-state index in [4.69, 9.17) is 9.57 Å². The summed E-state index contributed by atoms with van der Waals surface area (Å²) >= 11 is 0. The number of ether oxygens (including phenoxy) is 1. The van der Waals surface area contributed by atoms with Gasteiger partial charge in [-0.2, -0.15) is 0 Å². The molecule has 6 nitrogen and oxygen atoms in total. The molecule has 6 heteroatoms. The predicted octanol–water partition coefficient (Wildman–Crippen LogP) is 0.204. The van der Waals surface area contributed by atoms with Crippen LogP contribution >= 0.6 is 0 Å². The maximum Gasteiger partial charge on any atom is 0.222 e. The fourth-order valence-electron chi connectivity index (χ4n) is 2.84. The van der Waals surface area contributed by atoms with Crippen LogP contribution in [0.5, 0.6) is 0 Å². The fourth-order valence-corrected chi connectivity index (χ4v) is 2.84. The number of carbonyl (C=O) groups excluding carboxylic acids is 1. The van der Waals surface area contributed by atoms with Gasteiger partial charge in [-0.05, 0) is 18.3 Å². The Labute approximate surface area is 121 Å². The number of hydrogen-bond donors (Lipinski definition) is 2. The number of piperidine rings is 1. The summed E-state index contributed by atoms with van der Waals surface area (Å²) in [4.78, 5) is 19.1. The largest absolute Gasteiger partial charge is 0.364 e. The normalized spacial score (nSPS) is 28.7. The van der Waals surface area contributed by atoms with Crippen molar-refractivity contribution >= 4 is 5.91 Å². The number of amides is 1. The highest BCUT2D eigenvalue weighted by molar-refractivity contribution is 5.77. The molecular weight excluding hydrogens is 258 g/mol. The minimum atomic E-state index is 0.0313. The topological polar surface area (TPSA) is 62.8 Å². The lowest BCUT2D eigenvalue weighted by molar-refractivity contribution is -0.124. The van der Waals surface area contributed by atoms with Crippen LogP contribution in [0.4, 0.5) is 0 Å². The monoisotopic (exact) mass is 285 g/mol. The van der Waals surface area contributed by atoms with E-state index < -0.39 is 0 Å². The molecule has 1 amide bonds. The van der Waals surface area contributed by atoms with Gasteiger partial charge in [0.2, 0.25) is 5.91 Å². The van der Waals surface area contributed by atoms with Gasteiger partial charge in [0.1, 0.15) is 0 Å². The Hall–Kier alpha value is -0.690. The molecule has 2 fully saturated rings. The molecule has 2 aliphatic rings. The first-order valence-electron chi connectivity index (χ1n) is 7.51. The van der Waals surface area contributed by atoms with Gasteiger partial charge in [0.15, 0.2) is 0 Å². The highest BCUT2D eigenvalue weighted by Crippen LogP contribution is 2.49. The third-order valence-corrected chi connectivity index (χ3v) is 4.14. The van der Waals surface area contributed by atoms with E-state index >= 15 is 0 Å². The van der Waals surface area contributed by atoms with E-state index in [-0.39, 0.29) is 11.8 Å². The van der Waals surface area contributed by atoms with E-state index in [0.717, 1.165) is 18.4 Å². The molecule has 0 spiro atoms. The van der Waals surface area contributed by atoms with Crippen LogP contribution < -0.4 is 10.8 Å². The van der Waals surface area contributed by atoms with Gasteiger partial charge in [0.05, 0.1) is 19.9 Å². The molecule has 116 valence electrons. The fraction of sp³-hybridized carbons (Fsp3) is 0.929. The van der Waals surface area contributed by atoms with E-state index in [9.17, 15) is 4.79 Å². The van der Waals surface area contributed by atoms with Crippen molar-refractivity contribution in [2.45, 2.75) is 26.3 Å². The summed E-state index contributed by atoms with van der Waals surface area (Å²) in [7, 11) is 1.79. The first kappa shape index (κ1) is 15.7. The molecule has 0 aromatic carbocycles. The van der Waals surface area contributed by atoms with Gasteiger partial charge in [-0.1, -0.05) is 13.8 Å². The van der Waals surface area contributed by atoms with Gasteiger partial charge in [0.25, 0.3) is 0 Å². The Morgan fingerprint density at radius 3 is 2.95 bits per heavy atom. The number of nitrogens with zero attached hydrogens (tertiary/aromatic N) is 1. The van der Waals surface area contributed by atoms with Gasteiger partial charge in [0, 0.05) is 32.1 Å². The summed E-state index contributed by atoms with van der Waals surface area (Å²) < 4.78 is 5.66. The SMILES string of the molecule is CNOC[C@@H]1C2CC2CN1COCCNC(=O)C(C)C. The lowest BCUT2D eigenvalue weighted by Crippen LogP contribution is -2.40. The van der Waals surface area contributed by atoms with Crippen molar-refractivity contribution in [1.29, 1.82) is 0 Å². The van der Waals surface area contributed by atoms with Crippen LogP contribution in [-0.2, 0) is 14.4 Å². The smallest absolute Gasteiger partial charge is 0.222 e. The molecule has 0 aromatic heterocycles. The van der Waals surface area contributed by atoms with Crippen LogP contribution in [0.2, 0.25) is 0 Å². The molecule has 3 atom stereocenters. The van der Waals surface area contributed by atoms with Gasteiger partial charge in [-0.3, -0.25) is 9.69 Å². The average molecular weight is 285 g/mol. The molecule has 1 aliphatic carbocycles. The molecule has 0 radical (unpaired) electrons. The maximum atomic E-state index is 11.4. The van der Waals surface area contributed by atoms with Crippen LogP contribution in [0.15, 0.2) is 0 Å². The van der Waals surface area contributed by atoms with E-state index in [0.29, 0.717) is 32.5 Å². The molecule has 2 rings (SSSR count). The average Bonchev–Trinajstić information content (AvgIpc) is 3.10. The minimum Gasteiger partial charge on any atom is -0.364 e. The number of hydroxylamine groups is 1. The summed E-state index contributed by atoms with van der Waals surface area (Å²) in [5.41, 5.74) is 2.74. The Kier molecular flexibility index (Phi) is 5.77. The Balaban J connectivity index is 1.58. The second-order valence-corrected chi connectivity index (χ2v) is 6.00. The van der Waals surface area contributed by atoms with Gasteiger partial charge >= 0.3 is 0 Å². The van der Waals surface area contributed by atoms with Crippen molar-refractivity contribution in [3.8, 4) is 0 Å². The molecule has 1 heterocycles. The molecule has 2 unspecified atom stereocenters. The second kappa shape index (κ2) is 7.36. The standard InChI is InChI=1S/C14H27N3O3/c1-10(2)14(18)16-4-5-19-9-17-7-11-6-12(11)13(17)8-20-15-3/h10-13,15H,4-9H2,1-3H3,(H,16,18)/t11?,12?,13-/m1/s1. The zero-order chi connectivity index (χ0) is 14.5. The molecular formula is C14H27N3O3. The Morgan fingerprint density at radius 1 is 1.45 bits per heavy atom. The summed E-state index contributed by atoms with van der Waals surface area (Å²) in [6.07, 6.45) is 1.33. The number of rotatable bonds is 9. The van der Waals surface area contributed by atoms with Crippen molar-refractivity contribution in [2.24, 2.45) is 17.8 Å². The summed E-state index contributed by atoms with van der Waals surface area (Å²) in [6.45, 7) is 7.37. The first-order chi connectivity index (χ1) is 9.63. The van der Waals surface area contributed by atoms with Crippen molar-refractivity contribution in [3.05, 3.63) is 0 Å². The number of carbonyl (C=O) groups is 1. The molecule has 2 N–H and O–H groups in total. The third kappa shape index (κ3) is 4.15. The maximum absolute atomic E-state index is 11.4. The number of hydrogen-bond acceptors (Lipinski definition) is 5. The number of fused-ring (bicyclic) bond motifs is 1. The highest BCUT2D eigenvalue weighted by Gasteiger charge is 2.52. The lowest BCUT2D eigenvalue weighted by atomic mass is 10.2. The van der Waals surface area contributed by atoms with E-state index in [2.05, 4.69) is 15.7 Å². The second-order valence-electron chi connectivity index (χ2n) is 6.00. The number of likely N-dealkylation sites (tertiary alicyclic amines) is 1. The van der Waals surface area contributed by atoms with Crippen molar-refractivity contribution < 1.29 is 14.4 Å². The van der Waals surface area contributed by atoms with Crippen LogP contribution in [0.1, 0.15) is 20.3 Å². The third-order valence-electron chi connectivity index (χ3n) is 4.14. The lowest BCUT2D eigenvalue weighted by Gasteiger charge is -2.26. The van der Waals surface area contributed by atoms with Crippen molar-refractivity contribution in [2.75, 3.05) is 40.1 Å². The molecule has 1 saturated heterocycles. The predicted molar refractivity (Wildman–Crippen MR) is 75.8 cm³/mol. The molecule has 20 heavy (non-hydrogen) atoms. The zero-order valence-electron chi connectivity index (χ0n) is 12.7. The van der Waals surface area contributed by atoms with Gasteiger partial charge in [-0.15, -0.1) is 0 Å². The molecule has 0 bridgehead atoms. The molecule has 1 aliphatic heterocycles. The van der Waals surface area contributed by atoms with Crippen molar-refractivity contribution in [3.63, 3.8) is 0 Å². The summed E-state index contributed by atoms with van der Waals surface area (Å²) in [5, 5.41) is 2.85. The molecule has 0 aromatic rings. The van der Waals surface area contributed by atoms with Crippen LogP contribution in [0.3, 0.4) is 0 Å². The van der Waals surface area contributed by atoms with Crippen LogP contribution in [-0.4, -0.2) is 56.9 Å². The first-order valence-corrected chi connectivity index (χ1v) is 7.51. The summed E-state index contributed by atoms with van der Waals surface area (Å²) in [5.74, 6) is 1.73. The quantitative estimate of drug-likeness (QED) is 0.468. The van der Waals surface area contributed by atoms with Gasteiger partial charge < -0.3 is 14.9 Å². The van der Waals surface area contributed by atoms with Gasteiger partial charge in [-0.25, -0.2) is 5.48 Å². The Bertz CT molecular complexity index is 325. The van der Waals surface area contributed by atoms with E-state index in [1.807, 2.05) is 13.8 Å². The number of nitrogens with one attached hydrogen (secondary N) is 2. The van der Waals surface area contributed by atoms with Crippen LogP contribution in [0, 0.1) is 17.8 Å². The van der Waals surface area contributed by atoms with Crippen LogP contribution in [0.25, 0.3) is 0 Å². The Morgan fingerprint density at radius 2 is 2.25 bits per heavy atom. The van der Waals surface area contributed by atoms with Crippen molar-refractivity contribution in [1.82, 2.24) is 15.7 Å². The minimum absolute atomic E-state index is 0.0313. The summed E-state index contributed by atoms with van der Waals surface area (Å²) in [6, 6.07) is 0.470.